The molecule has 0 spiro atoms. The van der Waals surface area contributed by atoms with Gasteiger partial charge in [0.2, 0.25) is 0 Å². The van der Waals surface area contributed by atoms with E-state index >= 15 is 0 Å². The van der Waals surface area contributed by atoms with Gasteiger partial charge in [-0.25, -0.2) is 4.79 Å². The van der Waals surface area contributed by atoms with E-state index in [0.717, 1.165) is 25.1 Å². The third-order valence-corrected chi connectivity index (χ3v) is 3.11. The lowest BCUT2D eigenvalue weighted by Crippen LogP contribution is -2.34. The van der Waals surface area contributed by atoms with Crippen LogP contribution in [0.25, 0.3) is 0 Å². The van der Waals surface area contributed by atoms with Crippen LogP contribution in [0.1, 0.15) is 12.0 Å². The molecule has 1 N–H and O–H groups in total. The molecule has 20 heavy (non-hydrogen) atoms. The Balaban J connectivity index is 1.84. The summed E-state index contributed by atoms with van der Waals surface area (Å²) < 4.78 is 5.21. The highest BCUT2D eigenvalue weighted by Gasteiger charge is 2.16. The van der Waals surface area contributed by atoms with Gasteiger partial charge in [0.1, 0.15) is 6.61 Å². The van der Waals surface area contributed by atoms with E-state index in [1.807, 2.05) is 0 Å². The fourth-order valence-corrected chi connectivity index (χ4v) is 1.98. The van der Waals surface area contributed by atoms with E-state index in [4.69, 9.17) is 4.74 Å². The molecule has 1 heterocycles. The number of carbonyl (C=O) groups excluding carboxylic acids is 1. The zero-order valence-electron chi connectivity index (χ0n) is 11.1. The smallest absolute Gasteiger partial charge is 0.410 e. The number of carbonyl (C=O) groups is 1. The minimum absolute atomic E-state index is 0.0265. The van der Waals surface area contributed by atoms with Crippen molar-refractivity contribution in [2.75, 3.05) is 26.2 Å². The fraction of sp³-hybridized carbons (Fsp3) is 0.462. The van der Waals surface area contributed by atoms with Gasteiger partial charge in [0.15, 0.2) is 0 Å². The average molecular weight is 279 g/mol. The first-order valence-electron chi connectivity index (χ1n) is 6.52. The van der Waals surface area contributed by atoms with Crippen LogP contribution in [0, 0.1) is 10.1 Å². The lowest BCUT2D eigenvalue weighted by Gasteiger charge is -2.19. The van der Waals surface area contributed by atoms with Crippen molar-refractivity contribution in [3.05, 3.63) is 39.9 Å². The monoisotopic (exact) mass is 279 g/mol. The Hall–Kier alpha value is -2.15. The van der Waals surface area contributed by atoms with Gasteiger partial charge in [0.25, 0.3) is 5.69 Å². The first-order valence-corrected chi connectivity index (χ1v) is 6.52. The maximum Gasteiger partial charge on any atom is 0.410 e. The highest BCUT2D eigenvalue weighted by atomic mass is 16.6. The first kappa shape index (κ1) is 14.3. The molecule has 1 aliphatic rings. The number of ether oxygens (including phenoxy) is 1. The van der Waals surface area contributed by atoms with Gasteiger partial charge in [-0.05, 0) is 30.7 Å². The number of hydrogen-bond acceptors (Lipinski definition) is 5. The normalized spacial score (nSPS) is 15.5. The molecule has 2 rings (SSSR count). The second kappa shape index (κ2) is 6.85. The molecular weight excluding hydrogens is 262 g/mol. The fourth-order valence-electron chi connectivity index (χ4n) is 1.98. The molecule has 0 bridgehead atoms. The van der Waals surface area contributed by atoms with Gasteiger partial charge in [-0.2, -0.15) is 0 Å². The molecule has 1 amide bonds. The molecule has 0 aromatic heterocycles. The molecule has 7 heteroatoms. The van der Waals surface area contributed by atoms with Crippen molar-refractivity contribution in [3.8, 4) is 0 Å². The molecule has 1 saturated heterocycles. The van der Waals surface area contributed by atoms with E-state index in [1.165, 1.54) is 12.1 Å². The molecule has 0 unspecified atom stereocenters. The molecule has 1 aromatic carbocycles. The predicted molar refractivity (Wildman–Crippen MR) is 72.3 cm³/mol. The topological polar surface area (TPSA) is 84.7 Å². The third-order valence-electron chi connectivity index (χ3n) is 3.11. The highest BCUT2D eigenvalue weighted by Crippen LogP contribution is 2.13. The van der Waals surface area contributed by atoms with E-state index in [0.29, 0.717) is 13.1 Å². The summed E-state index contributed by atoms with van der Waals surface area (Å²) in [6.45, 7) is 3.13. The number of nitro groups is 1. The lowest BCUT2D eigenvalue weighted by atomic mass is 10.2. The van der Waals surface area contributed by atoms with Crippen LogP contribution in [0.5, 0.6) is 0 Å². The number of rotatable bonds is 3. The van der Waals surface area contributed by atoms with Crippen molar-refractivity contribution >= 4 is 11.8 Å². The largest absolute Gasteiger partial charge is 0.445 e. The molecule has 7 nitrogen and oxygen atoms in total. The maximum absolute atomic E-state index is 11.9. The Morgan fingerprint density at radius 2 is 2.05 bits per heavy atom. The Kier molecular flexibility index (Phi) is 4.89. The second-order valence-corrected chi connectivity index (χ2v) is 4.57. The molecule has 1 aromatic rings. The molecule has 1 aliphatic heterocycles. The van der Waals surface area contributed by atoms with Crippen LogP contribution in [-0.2, 0) is 11.3 Å². The summed E-state index contributed by atoms with van der Waals surface area (Å²) in [7, 11) is 0. The predicted octanol–water partition coefficient (Wildman–Crippen LogP) is 1.53. The Morgan fingerprint density at radius 1 is 1.30 bits per heavy atom. The number of nitrogens with zero attached hydrogens (tertiary/aromatic N) is 2. The van der Waals surface area contributed by atoms with Gasteiger partial charge in [-0.1, -0.05) is 0 Å². The van der Waals surface area contributed by atoms with Crippen LogP contribution in [0.3, 0.4) is 0 Å². The van der Waals surface area contributed by atoms with Crippen molar-refractivity contribution in [2.45, 2.75) is 13.0 Å². The molecule has 0 saturated carbocycles. The summed E-state index contributed by atoms with van der Waals surface area (Å²) in [5.74, 6) is 0. The van der Waals surface area contributed by atoms with Crippen molar-refractivity contribution in [1.82, 2.24) is 10.2 Å². The molecule has 0 atom stereocenters. The summed E-state index contributed by atoms with van der Waals surface area (Å²) in [6, 6.07) is 5.99. The van der Waals surface area contributed by atoms with Crippen molar-refractivity contribution in [3.63, 3.8) is 0 Å². The summed E-state index contributed by atoms with van der Waals surface area (Å²) >= 11 is 0. The summed E-state index contributed by atoms with van der Waals surface area (Å²) in [5.41, 5.74) is 0.760. The van der Waals surface area contributed by atoms with E-state index in [2.05, 4.69) is 5.32 Å². The number of hydrogen-bond donors (Lipinski definition) is 1. The molecule has 0 aliphatic carbocycles. The summed E-state index contributed by atoms with van der Waals surface area (Å²) in [6.07, 6.45) is 0.569. The van der Waals surface area contributed by atoms with Crippen molar-refractivity contribution in [1.29, 1.82) is 0 Å². The Labute approximate surface area is 116 Å². The first-order chi connectivity index (χ1) is 9.66. The van der Waals surface area contributed by atoms with E-state index in [-0.39, 0.29) is 18.4 Å². The van der Waals surface area contributed by atoms with Crippen molar-refractivity contribution in [2.24, 2.45) is 0 Å². The molecule has 1 fully saturated rings. The Bertz CT molecular complexity index is 467. The van der Waals surface area contributed by atoms with Crippen LogP contribution in [-0.4, -0.2) is 42.1 Å². The quantitative estimate of drug-likeness (QED) is 0.670. The zero-order valence-corrected chi connectivity index (χ0v) is 11.1. The zero-order chi connectivity index (χ0) is 14.4. The van der Waals surface area contributed by atoms with Gasteiger partial charge in [0.05, 0.1) is 4.92 Å². The average Bonchev–Trinajstić information content (AvgIpc) is 2.74. The summed E-state index contributed by atoms with van der Waals surface area (Å²) in [4.78, 5) is 23.6. The van der Waals surface area contributed by atoms with Crippen LogP contribution in [0.15, 0.2) is 24.3 Å². The minimum atomic E-state index is -0.458. The second-order valence-electron chi connectivity index (χ2n) is 4.57. The maximum atomic E-state index is 11.9. The lowest BCUT2D eigenvalue weighted by molar-refractivity contribution is -0.384. The molecule has 0 radical (unpaired) electrons. The Morgan fingerprint density at radius 3 is 2.75 bits per heavy atom. The highest BCUT2D eigenvalue weighted by molar-refractivity contribution is 5.67. The van der Waals surface area contributed by atoms with Gasteiger partial charge in [-0.15, -0.1) is 0 Å². The van der Waals surface area contributed by atoms with Crippen molar-refractivity contribution < 1.29 is 14.5 Å². The van der Waals surface area contributed by atoms with Gasteiger partial charge < -0.3 is 15.0 Å². The van der Waals surface area contributed by atoms with Crippen LogP contribution < -0.4 is 5.32 Å². The number of nitro benzene ring substituents is 1. The SMILES string of the molecule is O=C(OCc1ccc([N+](=O)[O-])cc1)N1CCCNCC1. The van der Waals surface area contributed by atoms with Gasteiger partial charge in [-0.3, -0.25) is 10.1 Å². The summed E-state index contributed by atoms with van der Waals surface area (Å²) in [5, 5.41) is 13.7. The number of non-ortho nitro benzene ring substituents is 1. The number of benzene rings is 1. The van der Waals surface area contributed by atoms with Gasteiger partial charge in [0, 0.05) is 31.8 Å². The number of nitrogens with one attached hydrogen (secondary N) is 1. The van der Waals surface area contributed by atoms with E-state index in [9.17, 15) is 14.9 Å². The molecule has 108 valence electrons. The van der Waals surface area contributed by atoms with Crippen LogP contribution in [0.4, 0.5) is 10.5 Å². The third kappa shape index (κ3) is 3.92. The standard InChI is InChI=1S/C13H17N3O4/c17-13(15-8-1-6-14-7-9-15)20-10-11-2-4-12(5-3-11)16(18)19/h2-5,14H,1,6-10H2. The van der Waals surface area contributed by atoms with Crippen LogP contribution in [0.2, 0.25) is 0 Å². The van der Waals surface area contributed by atoms with E-state index in [1.54, 1.807) is 17.0 Å². The van der Waals surface area contributed by atoms with E-state index < -0.39 is 4.92 Å². The van der Waals surface area contributed by atoms with Crippen LogP contribution >= 0.6 is 0 Å². The van der Waals surface area contributed by atoms with Gasteiger partial charge >= 0.3 is 6.09 Å². The minimum Gasteiger partial charge on any atom is -0.445 e. The number of amides is 1. The molecular formula is C13H17N3O4.